The highest BCUT2D eigenvalue weighted by Crippen LogP contribution is 2.34. The zero-order valence-corrected chi connectivity index (χ0v) is 22.6. The lowest BCUT2D eigenvalue weighted by Crippen LogP contribution is -2.56. The van der Waals surface area contributed by atoms with Crippen molar-refractivity contribution >= 4 is 27.5 Å². The van der Waals surface area contributed by atoms with Crippen molar-refractivity contribution in [1.29, 1.82) is 0 Å². The fourth-order valence-corrected chi connectivity index (χ4v) is 5.77. The first-order valence-electron chi connectivity index (χ1n) is 12.6. The summed E-state index contributed by atoms with van der Waals surface area (Å²) in [4.78, 5) is 31.0. The van der Waals surface area contributed by atoms with Crippen molar-refractivity contribution in [2.45, 2.75) is 52.0 Å². The molecule has 35 heavy (non-hydrogen) atoms. The number of aliphatic hydroxyl groups is 1. The zero-order valence-electron chi connectivity index (χ0n) is 21.0. The second kappa shape index (κ2) is 11.3. The molecule has 0 bridgehead atoms. The molecule has 2 aromatic rings. The smallest absolute Gasteiger partial charge is 0.257 e. The van der Waals surface area contributed by atoms with Gasteiger partial charge in [0.25, 0.3) is 5.91 Å². The average Bonchev–Trinajstić information content (AvgIpc) is 2.86. The third-order valence-electron chi connectivity index (χ3n) is 7.74. The summed E-state index contributed by atoms with van der Waals surface area (Å²) in [5.74, 6) is 0.453. The maximum Gasteiger partial charge on any atom is 0.257 e. The number of piperidine rings is 2. The van der Waals surface area contributed by atoms with Crippen LogP contribution >= 0.6 is 15.9 Å². The molecule has 1 amide bonds. The number of carbonyl (C=O) groups is 1. The van der Waals surface area contributed by atoms with Gasteiger partial charge in [-0.15, -0.1) is 0 Å². The van der Waals surface area contributed by atoms with Crippen molar-refractivity contribution < 1.29 is 9.90 Å². The number of hydrogen-bond donors (Lipinski definition) is 1. The fraction of sp³-hybridized carbons (Fsp3) is 0.556. The van der Waals surface area contributed by atoms with Gasteiger partial charge < -0.3 is 10.0 Å². The quantitative estimate of drug-likeness (QED) is 0.558. The summed E-state index contributed by atoms with van der Waals surface area (Å²) >= 11 is 3.52. The summed E-state index contributed by atoms with van der Waals surface area (Å²) < 4.78 is 1.06. The van der Waals surface area contributed by atoms with Crippen LogP contribution in [0.15, 0.2) is 40.1 Å². The molecule has 0 unspecified atom stereocenters. The van der Waals surface area contributed by atoms with Crippen molar-refractivity contribution in [1.82, 2.24) is 19.8 Å². The maximum absolute atomic E-state index is 13.2. The molecule has 2 aliphatic heterocycles. The normalized spacial score (nSPS) is 19.7. The number of benzene rings is 1. The molecule has 188 valence electrons. The van der Waals surface area contributed by atoms with Gasteiger partial charge in [0.15, 0.2) is 0 Å². The van der Waals surface area contributed by atoms with Crippen LogP contribution in [0.1, 0.15) is 59.9 Å². The minimum atomic E-state index is 0.0561. The van der Waals surface area contributed by atoms with Crippen LogP contribution in [-0.4, -0.2) is 81.4 Å². The van der Waals surface area contributed by atoms with Gasteiger partial charge >= 0.3 is 0 Å². The van der Waals surface area contributed by atoms with Crippen LogP contribution in [0.4, 0.5) is 0 Å². The molecule has 0 atom stereocenters. The maximum atomic E-state index is 13.2. The lowest BCUT2D eigenvalue weighted by atomic mass is 9.82. The van der Waals surface area contributed by atoms with E-state index in [-0.39, 0.29) is 18.1 Å². The van der Waals surface area contributed by atoms with Crippen molar-refractivity contribution in [3.8, 4) is 0 Å². The summed E-state index contributed by atoms with van der Waals surface area (Å²) in [6.45, 7) is 10.2. The Morgan fingerprint density at radius 1 is 1.09 bits per heavy atom. The summed E-state index contributed by atoms with van der Waals surface area (Å²) in [5, 5.41) is 9.36. The number of halogens is 1. The van der Waals surface area contributed by atoms with Crippen LogP contribution in [0.25, 0.3) is 0 Å². The van der Waals surface area contributed by atoms with Gasteiger partial charge in [0, 0.05) is 34.7 Å². The van der Waals surface area contributed by atoms with E-state index in [9.17, 15) is 9.90 Å². The number of rotatable bonds is 6. The van der Waals surface area contributed by atoms with Crippen LogP contribution < -0.4 is 0 Å². The molecule has 8 heteroatoms. The molecule has 0 radical (unpaired) electrons. The van der Waals surface area contributed by atoms with E-state index in [0.29, 0.717) is 18.0 Å². The Labute approximate surface area is 216 Å². The summed E-state index contributed by atoms with van der Waals surface area (Å²) in [6.07, 6.45) is 5.56. The van der Waals surface area contributed by atoms with Crippen LogP contribution in [0, 0.1) is 19.8 Å². The lowest BCUT2D eigenvalue weighted by molar-refractivity contribution is 0.0163. The lowest BCUT2D eigenvalue weighted by Gasteiger charge is -2.49. The Balaban J connectivity index is 1.38. The van der Waals surface area contributed by atoms with E-state index in [1.54, 1.807) is 0 Å². The number of aliphatic hydroxyl groups excluding tert-OH is 1. The van der Waals surface area contributed by atoms with Crippen LogP contribution in [0.5, 0.6) is 0 Å². The standard InChI is InChI=1S/C27H36BrN5O2/c1-19-24(20(2)31-18-30-19)26(35)32-15-10-27(3,11-16-32)33-13-8-22(9-14-33)25(29-12-17-34)21-4-6-23(28)7-5-21/h4-7,18,22,34H,8-17H2,1-3H3. The van der Waals surface area contributed by atoms with Gasteiger partial charge in [-0.3, -0.25) is 14.7 Å². The van der Waals surface area contributed by atoms with E-state index in [4.69, 9.17) is 4.99 Å². The van der Waals surface area contributed by atoms with E-state index >= 15 is 0 Å². The highest BCUT2D eigenvalue weighted by atomic mass is 79.9. The topological polar surface area (TPSA) is 81.9 Å². The third-order valence-corrected chi connectivity index (χ3v) is 8.26. The molecule has 2 fully saturated rings. The van der Waals surface area contributed by atoms with Gasteiger partial charge in [-0.25, -0.2) is 9.97 Å². The molecule has 0 spiro atoms. The van der Waals surface area contributed by atoms with Gasteiger partial charge in [0.1, 0.15) is 6.33 Å². The molecular weight excluding hydrogens is 506 g/mol. The van der Waals surface area contributed by atoms with Gasteiger partial charge in [-0.1, -0.05) is 28.1 Å². The third kappa shape index (κ3) is 5.81. The highest BCUT2D eigenvalue weighted by molar-refractivity contribution is 9.10. The number of aryl methyl sites for hydroxylation is 2. The fourth-order valence-electron chi connectivity index (χ4n) is 5.51. The molecule has 4 rings (SSSR count). The summed E-state index contributed by atoms with van der Waals surface area (Å²) in [6, 6.07) is 8.34. The molecule has 1 N–H and O–H groups in total. The van der Waals surface area contributed by atoms with Crippen LogP contribution in [0.2, 0.25) is 0 Å². The van der Waals surface area contributed by atoms with Crippen LogP contribution in [-0.2, 0) is 0 Å². The Morgan fingerprint density at radius 3 is 2.26 bits per heavy atom. The molecule has 0 aliphatic carbocycles. The van der Waals surface area contributed by atoms with Gasteiger partial charge in [-0.2, -0.15) is 0 Å². The first-order chi connectivity index (χ1) is 16.8. The number of likely N-dealkylation sites (tertiary alicyclic amines) is 2. The number of amides is 1. The highest BCUT2D eigenvalue weighted by Gasteiger charge is 2.39. The second-order valence-corrected chi connectivity index (χ2v) is 10.9. The van der Waals surface area contributed by atoms with Gasteiger partial charge in [-0.05, 0) is 77.2 Å². The molecule has 7 nitrogen and oxygen atoms in total. The first-order valence-corrected chi connectivity index (χ1v) is 13.4. The minimum Gasteiger partial charge on any atom is -0.394 e. The largest absolute Gasteiger partial charge is 0.394 e. The minimum absolute atomic E-state index is 0.0561. The van der Waals surface area contributed by atoms with Crippen molar-refractivity contribution in [3.63, 3.8) is 0 Å². The predicted molar refractivity (Wildman–Crippen MR) is 142 cm³/mol. The van der Waals surface area contributed by atoms with Crippen molar-refractivity contribution in [2.75, 3.05) is 39.3 Å². The first kappa shape index (κ1) is 25.9. The number of carbonyl (C=O) groups excluding carboxylic acids is 1. The Kier molecular flexibility index (Phi) is 8.34. The number of hydrogen-bond acceptors (Lipinski definition) is 6. The molecule has 2 aliphatic rings. The Bertz CT molecular complexity index is 1040. The van der Waals surface area contributed by atoms with E-state index in [2.05, 4.69) is 62.0 Å². The Morgan fingerprint density at radius 2 is 1.69 bits per heavy atom. The van der Waals surface area contributed by atoms with E-state index in [1.165, 1.54) is 6.33 Å². The molecule has 0 saturated carbocycles. The predicted octanol–water partition coefficient (Wildman–Crippen LogP) is 4.04. The Hall–Kier alpha value is -2.16. The average molecular weight is 543 g/mol. The summed E-state index contributed by atoms with van der Waals surface area (Å²) in [7, 11) is 0. The molecule has 1 aromatic carbocycles. The molecule has 2 saturated heterocycles. The van der Waals surface area contributed by atoms with Gasteiger partial charge in [0.05, 0.1) is 30.1 Å². The molecule has 1 aromatic heterocycles. The SMILES string of the molecule is Cc1ncnc(C)c1C(=O)N1CCC(C)(N2CCC(C(=NCCO)c3ccc(Br)cc3)CC2)CC1. The zero-order chi connectivity index (χ0) is 25.0. The number of aliphatic imine (C=N–C) groups is 1. The van der Waals surface area contributed by atoms with Crippen LogP contribution in [0.3, 0.4) is 0 Å². The molecule has 3 heterocycles. The molecular formula is C27H36BrN5O2. The number of aromatic nitrogens is 2. The van der Waals surface area contributed by atoms with Crippen molar-refractivity contribution in [2.24, 2.45) is 10.9 Å². The number of nitrogens with zero attached hydrogens (tertiary/aromatic N) is 5. The second-order valence-electron chi connectivity index (χ2n) is 9.97. The monoisotopic (exact) mass is 541 g/mol. The van der Waals surface area contributed by atoms with Gasteiger partial charge in [0.2, 0.25) is 0 Å². The van der Waals surface area contributed by atoms with Crippen molar-refractivity contribution in [3.05, 3.63) is 57.6 Å². The summed E-state index contributed by atoms with van der Waals surface area (Å²) in [5.41, 5.74) is 4.52. The van der Waals surface area contributed by atoms with E-state index in [1.807, 2.05) is 18.7 Å². The van der Waals surface area contributed by atoms with E-state index < -0.39 is 0 Å². The van der Waals surface area contributed by atoms with E-state index in [0.717, 1.165) is 79.0 Å².